The van der Waals surface area contributed by atoms with Gasteiger partial charge in [0.15, 0.2) is 0 Å². The van der Waals surface area contributed by atoms with Gasteiger partial charge in [0, 0.05) is 5.02 Å². The van der Waals surface area contributed by atoms with Crippen LogP contribution < -0.4 is 14.3 Å². The topological polar surface area (TPSA) is 94.1 Å². The molecule has 3 aromatic carbocycles. The van der Waals surface area contributed by atoms with Crippen LogP contribution in [0.15, 0.2) is 82.8 Å². The van der Waals surface area contributed by atoms with E-state index in [0.717, 1.165) is 12.8 Å². The molecule has 0 unspecified atom stereocenters. The lowest BCUT2D eigenvalue weighted by atomic mass is 10.2. The molecule has 0 heterocycles. The van der Waals surface area contributed by atoms with Crippen LogP contribution in [0.5, 0.6) is 11.5 Å². The van der Waals surface area contributed by atoms with Crippen LogP contribution in [0, 0.1) is 0 Å². The molecule has 0 fully saturated rings. The smallest absolute Gasteiger partial charge is 0.343 e. The van der Waals surface area contributed by atoms with Gasteiger partial charge < -0.3 is 9.47 Å². The van der Waals surface area contributed by atoms with E-state index < -0.39 is 16.0 Å². The first-order valence-corrected chi connectivity index (χ1v) is 12.1. The molecule has 0 atom stereocenters. The SMILES string of the molecule is CCCCOc1ccc(C(=O)Oc2ccc(/C=N\NS(=O)(=O)c3ccc(Cl)cc3)cc2)cc1. The van der Waals surface area contributed by atoms with Crippen LogP contribution in [-0.2, 0) is 10.0 Å². The third-order valence-corrected chi connectivity index (χ3v) is 5.95. The Kier molecular flexibility index (Phi) is 8.46. The number of unbranched alkanes of at least 4 members (excludes halogenated alkanes) is 1. The van der Waals surface area contributed by atoms with E-state index in [1.54, 1.807) is 48.5 Å². The highest BCUT2D eigenvalue weighted by molar-refractivity contribution is 7.89. The van der Waals surface area contributed by atoms with Crippen LogP contribution >= 0.6 is 11.6 Å². The van der Waals surface area contributed by atoms with E-state index >= 15 is 0 Å². The van der Waals surface area contributed by atoms with Crippen molar-refractivity contribution in [2.24, 2.45) is 5.10 Å². The molecule has 0 bridgehead atoms. The second-order valence-electron chi connectivity index (χ2n) is 6.99. The highest BCUT2D eigenvalue weighted by Gasteiger charge is 2.12. The summed E-state index contributed by atoms with van der Waals surface area (Å²) in [6.45, 7) is 2.73. The third kappa shape index (κ3) is 7.34. The van der Waals surface area contributed by atoms with Gasteiger partial charge in [-0.15, -0.1) is 0 Å². The highest BCUT2D eigenvalue weighted by Crippen LogP contribution is 2.17. The predicted molar refractivity (Wildman–Crippen MR) is 128 cm³/mol. The summed E-state index contributed by atoms with van der Waals surface area (Å²) in [5.41, 5.74) is 1.02. The number of nitrogens with zero attached hydrogens (tertiary/aromatic N) is 1. The monoisotopic (exact) mass is 486 g/mol. The van der Waals surface area contributed by atoms with Crippen molar-refractivity contribution in [2.75, 3.05) is 6.61 Å². The number of sulfonamides is 1. The maximum Gasteiger partial charge on any atom is 0.343 e. The molecule has 3 rings (SSSR count). The Morgan fingerprint density at radius 2 is 1.61 bits per heavy atom. The standard InChI is InChI=1S/C24H23ClN2O5S/c1-2-3-16-31-21-12-6-19(7-13-21)24(28)32-22-10-4-18(5-11-22)17-26-27-33(29,30)23-14-8-20(25)9-15-23/h4-15,17,27H,2-3,16H2,1H3/b26-17-. The molecule has 0 saturated carbocycles. The maximum absolute atomic E-state index is 12.3. The van der Waals surface area contributed by atoms with Gasteiger partial charge in [-0.3, -0.25) is 0 Å². The predicted octanol–water partition coefficient (Wildman–Crippen LogP) is 5.05. The second-order valence-corrected chi connectivity index (χ2v) is 9.09. The van der Waals surface area contributed by atoms with Crippen LogP contribution in [-0.4, -0.2) is 27.2 Å². The lowest BCUT2D eigenvalue weighted by Gasteiger charge is -2.07. The summed E-state index contributed by atoms with van der Waals surface area (Å²) in [6.07, 6.45) is 3.36. The van der Waals surface area contributed by atoms with E-state index in [1.807, 2.05) is 0 Å². The zero-order valence-electron chi connectivity index (χ0n) is 17.9. The minimum absolute atomic E-state index is 0.0480. The molecule has 33 heavy (non-hydrogen) atoms. The number of benzene rings is 3. The summed E-state index contributed by atoms with van der Waals surface area (Å²) in [5.74, 6) is 0.560. The Morgan fingerprint density at radius 3 is 2.24 bits per heavy atom. The van der Waals surface area contributed by atoms with Crippen LogP contribution in [0.4, 0.5) is 0 Å². The van der Waals surface area contributed by atoms with E-state index in [4.69, 9.17) is 21.1 Å². The Morgan fingerprint density at radius 1 is 0.970 bits per heavy atom. The Hall–Kier alpha value is -3.36. The molecule has 0 aliphatic carbocycles. The largest absolute Gasteiger partial charge is 0.494 e. The third-order valence-electron chi connectivity index (χ3n) is 4.46. The number of esters is 1. The van der Waals surface area contributed by atoms with Gasteiger partial charge in [0.1, 0.15) is 11.5 Å². The van der Waals surface area contributed by atoms with E-state index in [1.165, 1.54) is 30.5 Å². The van der Waals surface area contributed by atoms with E-state index in [9.17, 15) is 13.2 Å². The van der Waals surface area contributed by atoms with Crippen molar-refractivity contribution < 1.29 is 22.7 Å². The Bertz CT molecular complexity index is 1190. The number of halogens is 1. The van der Waals surface area contributed by atoms with Gasteiger partial charge in [-0.1, -0.05) is 24.9 Å². The first kappa shape index (κ1) is 24.3. The van der Waals surface area contributed by atoms with Crippen molar-refractivity contribution in [3.8, 4) is 11.5 Å². The molecule has 0 aromatic heterocycles. The number of carbonyl (C=O) groups is 1. The van der Waals surface area contributed by atoms with Gasteiger partial charge in [-0.05, 0) is 84.8 Å². The van der Waals surface area contributed by atoms with Crippen LogP contribution in [0.25, 0.3) is 0 Å². The van der Waals surface area contributed by atoms with Crippen molar-refractivity contribution in [2.45, 2.75) is 24.7 Å². The fraction of sp³-hybridized carbons (Fsp3) is 0.167. The summed E-state index contributed by atoms with van der Waals surface area (Å²) in [5, 5.41) is 4.21. The number of carbonyl (C=O) groups excluding carboxylic acids is 1. The lowest BCUT2D eigenvalue weighted by molar-refractivity contribution is 0.0734. The number of ether oxygens (including phenoxy) is 2. The minimum Gasteiger partial charge on any atom is -0.494 e. The summed E-state index contributed by atoms with van der Waals surface area (Å²) < 4.78 is 35.4. The molecule has 0 saturated heterocycles. The average molecular weight is 487 g/mol. The van der Waals surface area contributed by atoms with E-state index in [2.05, 4.69) is 16.9 Å². The van der Waals surface area contributed by atoms with Crippen molar-refractivity contribution >= 4 is 33.8 Å². The Balaban J connectivity index is 1.54. The van der Waals surface area contributed by atoms with Crippen molar-refractivity contribution in [1.29, 1.82) is 0 Å². The molecular formula is C24H23ClN2O5S. The molecule has 1 N–H and O–H groups in total. The fourth-order valence-corrected chi connectivity index (χ4v) is 3.56. The van der Waals surface area contributed by atoms with Crippen molar-refractivity contribution in [1.82, 2.24) is 4.83 Å². The van der Waals surface area contributed by atoms with Gasteiger partial charge in [0.25, 0.3) is 10.0 Å². The fourth-order valence-electron chi connectivity index (χ4n) is 2.65. The lowest BCUT2D eigenvalue weighted by Crippen LogP contribution is -2.18. The zero-order chi connectivity index (χ0) is 23.7. The molecule has 7 nitrogen and oxygen atoms in total. The number of hydrogen-bond donors (Lipinski definition) is 1. The molecule has 0 aliphatic rings. The van der Waals surface area contributed by atoms with Crippen molar-refractivity contribution in [3.63, 3.8) is 0 Å². The normalized spacial score (nSPS) is 11.3. The summed E-state index contributed by atoms with van der Waals surface area (Å²) in [4.78, 5) is 14.5. The van der Waals surface area contributed by atoms with Gasteiger partial charge in [-0.25, -0.2) is 9.63 Å². The minimum atomic E-state index is -3.80. The first-order valence-electron chi connectivity index (χ1n) is 10.2. The van der Waals surface area contributed by atoms with Crippen molar-refractivity contribution in [3.05, 3.63) is 88.9 Å². The molecule has 0 spiro atoms. The highest BCUT2D eigenvalue weighted by atomic mass is 35.5. The van der Waals surface area contributed by atoms with Gasteiger partial charge >= 0.3 is 5.97 Å². The molecular weight excluding hydrogens is 464 g/mol. The van der Waals surface area contributed by atoms with Gasteiger partial charge in [0.2, 0.25) is 0 Å². The molecule has 172 valence electrons. The maximum atomic E-state index is 12.3. The average Bonchev–Trinajstić information content (AvgIpc) is 2.81. The summed E-state index contributed by atoms with van der Waals surface area (Å²) >= 11 is 5.77. The molecule has 3 aromatic rings. The summed E-state index contributed by atoms with van der Waals surface area (Å²) in [7, 11) is -3.80. The second kappa shape index (κ2) is 11.5. The molecule has 0 amide bonds. The van der Waals surface area contributed by atoms with Gasteiger partial charge in [-0.2, -0.15) is 13.5 Å². The van der Waals surface area contributed by atoms with Crippen LogP contribution in [0.1, 0.15) is 35.7 Å². The molecule has 0 aliphatic heterocycles. The van der Waals surface area contributed by atoms with Gasteiger partial charge in [0.05, 0.1) is 23.3 Å². The summed E-state index contributed by atoms with van der Waals surface area (Å²) in [6, 6.07) is 19.0. The number of nitrogens with one attached hydrogen (secondary N) is 1. The number of rotatable bonds is 10. The first-order chi connectivity index (χ1) is 15.9. The molecule has 0 radical (unpaired) electrons. The van der Waals surface area contributed by atoms with E-state index in [0.29, 0.717) is 34.3 Å². The Labute approximate surface area is 198 Å². The van der Waals surface area contributed by atoms with Crippen LogP contribution in [0.3, 0.4) is 0 Å². The molecule has 9 heteroatoms. The quantitative estimate of drug-likeness (QED) is 0.142. The number of hydrogen-bond acceptors (Lipinski definition) is 6. The van der Waals surface area contributed by atoms with E-state index in [-0.39, 0.29) is 4.90 Å². The van der Waals surface area contributed by atoms with Crippen LogP contribution in [0.2, 0.25) is 5.02 Å². The number of hydrazone groups is 1. The zero-order valence-corrected chi connectivity index (χ0v) is 19.5.